The van der Waals surface area contributed by atoms with E-state index in [4.69, 9.17) is 0 Å². The lowest BCUT2D eigenvalue weighted by molar-refractivity contribution is -0.117. The summed E-state index contributed by atoms with van der Waals surface area (Å²) in [6.07, 6.45) is 24.0. The highest BCUT2D eigenvalue weighted by Gasteiger charge is 2.18. The molecule has 0 aromatic rings. The van der Waals surface area contributed by atoms with Crippen molar-refractivity contribution in [3.63, 3.8) is 0 Å². The number of nitrogens with one attached hydrogen (secondary N) is 1. The predicted molar refractivity (Wildman–Crippen MR) is 104 cm³/mol. The van der Waals surface area contributed by atoms with Crippen LogP contribution in [0.2, 0.25) is 0 Å². The maximum atomic E-state index is 11.6. The van der Waals surface area contributed by atoms with Gasteiger partial charge in [-0.15, -0.1) is 0 Å². The molecule has 0 radical (unpaired) electrons. The molecular formula is C21H33NO2. The van der Waals surface area contributed by atoms with Crippen LogP contribution in [0.3, 0.4) is 0 Å². The summed E-state index contributed by atoms with van der Waals surface area (Å²) in [6, 6.07) is 0. The van der Waals surface area contributed by atoms with Gasteiger partial charge in [0, 0.05) is 12.6 Å². The number of aliphatic hydroxyl groups is 1. The van der Waals surface area contributed by atoms with Crippen molar-refractivity contribution in [2.24, 2.45) is 0 Å². The number of hydrogen-bond acceptors (Lipinski definition) is 2. The smallest absolute Gasteiger partial charge is 0.244 e. The Bertz CT molecular complexity index is 468. The number of carbonyl (C=O) groups excluding carboxylic acids is 1. The largest absolute Gasteiger partial charge is 0.388 e. The van der Waals surface area contributed by atoms with E-state index in [1.807, 2.05) is 25.2 Å². The summed E-state index contributed by atoms with van der Waals surface area (Å²) in [5.41, 5.74) is -0.836. The maximum Gasteiger partial charge on any atom is 0.244 e. The number of unbranched alkanes of at least 4 members (excludes halogenated alkanes) is 1. The van der Waals surface area contributed by atoms with Crippen LogP contribution in [0.15, 0.2) is 60.8 Å². The van der Waals surface area contributed by atoms with E-state index in [-0.39, 0.29) is 12.5 Å². The molecule has 3 nitrogen and oxygen atoms in total. The van der Waals surface area contributed by atoms with Gasteiger partial charge in [0.05, 0.1) is 5.60 Å². The Hall–Kier alpha value is -1.87. The Kier molecular flexibility index (Phi) is 13.6. The minimum Gasteiger partial charge on any atom is -0.388 e. The number of allylic oxidation sites excluding steroid dienone is 9. The predicted octanol–water partition coefficient (Wildman–Crippen LogP) is 4.62. The molecule has 1 amide bonds. The summed E-state index contributed by atoms with van der Waals surface area (Å²) >= 11 is 0. The van der Waals surface area contributed by atoms with Gasteiger partial charge in [0.1, 0.15) is 0 Å². The molecule has 2 N–H and O–H groups in total. The van der Waals surface area contributed by atoms with Crippen LogP contribution < -0.4 is 5.32 Å². The highest BCUT2D eigenvalue weighted by Crippen LogP contribution is 2.09. The minimum atomic E-state index is -0.836. The Morgan fingerprint density at radius 3 is 2.17 bits per heavy atom. The van der Waals surface area contributed by atoms with E-state index in [0.29, 0.717) is 6.42 Å². The first kappa shape index (κ1) is 22.1. The zero-order valence-corrected chi connectivity index (χ0v) is 15.4. The fourth-order valence-corrected chi connectivity index (χ4v) is 1.99. The molecule has 3 heteroatoms. The summed E-state index contributed by atoms with van der Waals surface area (Å²) < 4.78 is 0. The van der Waals surface area contributed by atoms with Crippen molar-refractivity contribution in [1.29, 1.82) is 0 Å². The molecule has 0 aliphatic rings. The normalized spacial score (nSPS) is 15.3. The van der Waals surface area contributed by atoms with Gasteiger partial charge in [0.15, 0.2) is 0 Å². The molecule has 24 heavy (non-hydrogen) atoms. The van der Waals surface area contributed by atoms with Crippen molar-refractivity contribution in [1.82, 2.24) is 5.32 Å². The second-order valence-electron chi connectivity index (χ2n) is 5.98. The van der Waals surface area contributed by atoms with Crippen molar-refractivity contribution in [3.8, 4) is 0 Å². The van der Waals surface area contributed by atoms with Gasteiger partial charge in [-0.2, -0.15) is 0 Å². The average molecular weight is 332 g/mol. The molecule has 0 heterocycles. The number of hydrogen-bond donors (Lipinski definition) is 2. The van der Waals surface area contributed by atoms with Crippen molar-refractivity contribution >= 4 is 5.91 Å². The molecule has 0 aromatic heterocycles. The monoisotopic (exact) mass is 331 g/mol. The van der Waals surface area contributed by atoms with Gasteiger partial charge >= 0.3 is 0 Å². The summed E-state index contributed by atoms with van der Waals surface area (Å²) in [7, 11) is 0. The Morgan fingerprint density at radius 2 is 1.54 bits per heavy atom. The Labute approximate surface area is 147 Å². The third kappa shape index (κ3) is 15.0. The highest BCUT2D eigenvalue weighted by molar-refractivity contribution is 5.87. The lowest BCUT2D eigenvalue weighted by Gasteiger charge is -2.22. The quantitative estimate of drug-likeness (QED) is 0.311. The molecule has 1 unspecified atom stereocenters. The van der Waals surface area contributed by atoms with Gasteiger partial charge < -0.3 is 10.4 Å². The third-order valence-corrected chi connectivity index (χ3v) is 3.27. The molecule has 0 spiro atoms. The van der Waals surface area contributed by atoms with Crippen LogP contribution in [0.4, 0.5) is 0 Å². The third-order valence-electron chi connectivity index (χ3n) is 3.27. The molecule has 0 aliphatic carbocycles. The first-order chi connectivity index (χ1) is 11.5. The van der Waals surface area contributed by atoms with Gasteiger partial charge in [-0.05, 0) is 32.6 Å². The lowest BCUT2D eigenvalue weighted by Crippen LogP contribution is -2.39. The van der Waals surface area contributed by atoms with Crippen LogP contribution in [0.1, 0.15) is 52.9 Å². The minimum absolute atomic E-state index is 0.190. The molecule has 0 fully saturated rings. The van der Waals surface area contributed by atoms with E-state index in [0.717, 1.165) is 25.7 Å². The topological polar surface area (TPSA) is 49.3 Å². The van der Waals surface area contributed by atoms with Crippen LogP contribution in [0.5, 0.6) is 0 Å². The number of rotatable bonds is 12. The van der Waals surface area contributed by atoms with Crippen molar-refractivity contribution in [2.75, 3.05) is 6.54 Å². The van der Waals surface area contributed by atoms with Crippen molar-refractivity contribution < 1.29 is 9.90 Å². The van der Waals surface area contributed by atoms with E-state index < -0.39 is 5.60 Å². The van der Waals surface area contributed by atoms with E-state index in [2.05, 4.69) is 42.6 Å². The molecule has 1 atom stereocenters. The maximum absolute atomic E-state index is 11.6. The average Bonchev–Trinajstić information content (AvgIpc) is 2.54. The highest BCUT2D eigenvalue weighted by atomic mass is 16.3. The van der Waals surface area contributed by atoms with E-state index in [1.54, 1.807) is 13.0 Å². The zero-order chi connectivity index (χ0) is 18.1. The molecule has 0 saturated heterocycles. The zero-order valence-electron chi connectivity index (χ0n) is 15.4. The Balaban J connectivity index is 3.87. The van der Waals surface area contributed by atoms with Crippen LogP contribution in [0.25, 0.3) is 0 Å². The lowest BCUT2D eigenvalue weighted by atomic mass is 10.0. The summed E-state index contributed by atoms with van der Waals surface area (Å²) in [6.45, 7) is 6.14. The Morgan fingerprint density at radius 1 is 0.958 bits per heavy atom. The van der Waals surface area contributed by atoms with Crippen LogP contribution in [-0.4, -0.2) is 23.2 Å². The summed E-state index contributed by atoms with van der Waals surface area (Å²) in [5, 5.41) is 12.7. The van der Waals surface area contributed by atoms with Gasteiger partial charge in [-0.3, -0.25) is 4.79 Å². The molecule has 0 saturated carbocycles. The van der Waals surface area contributed by atoms with Crippen molar-refractivity contribution in [2.45, 2.75) is 58.5 Å². The molecule has 0 aromatic carbocycles. The SMILES string of the molecule is CCC=CC=CCCC=CC=CC=CC(=O)NCC(C)(O)CCC. The van der Waals surface area contributed by atoms with Crippen LogP contribution in [0, 0.1) is 0 Å². The van der Waals surface area contributed by atoms with Crippen LogP contribution >= 0.6 is 0 Å². The molecule has 134 valence electrons. The fraction of sp³-hybridized carbons (Fsp3) is 0.476. The van der Waals surface area contributed by atoms with Crippen LogP contribution in [-0.2, 0) is 4.79 Å². The number of amides is 1. The molecule has 0 bridgehead atoms. The van der Waals surface area contributed by atoms with E-state index >= 15 is 0 Å². The van der Waals surface area contributed by atoms with Gasteiger partial charge in [-0.1, -0.05) is 75.0 Å². The molecule has 0 rings (SSSR count). The van der Waals surface area contributed by atoms with E-state index in [1.165, 1.54) is 6.08 Å². The first-order valence-electron chi connectivity index (χ1n) is 8.83. The van der Waals surface area contributed by atoms with E-state index in [9.17, 15) is 9.90 Å². The summed E-state index contributed by atoms with van der Waals surface area (Å²) in [4.78, 5) is 11.6. The van der Waals surface area contributed by atoms with Gasteiger partial charge in [0.2, 0.25) is 5.91 Å². The summed E-state index contributed by atoms with van der Waals surface area (Å²) in [5.74, 6) is -0.190. The second kappa shape index (κ2) is 14.7. The van der Waals surface area contributed by atoms with Gasteiger partial charge in [-0.25, -0.2) is 0 Å². The standard InChI is InChI=1S/C21H33NO2/c1-4-6-7-8-9-10-11-12-13-14-15-16-17-20(23)22-19-21(3,24)18-5-2/h6-9,12-17,24H,4-5,10-11,18-19H2,1-3H3,(H,22,23). The molecule has 0 aliphatic heterocycles. The van der Waals surface area contributed by atoms with Crippen molar-refractivity contribution in [3.05, 3.63) is 60.8 Å². The second-order valence-corrected chi connectivity index (χ2v) is 5.98. The molecular weight excluding hydrogens is 298 g/mol. The number of carbonyl (C=O) groups is 1. The first-order valence-corrected chi connectivity index (χ1v) is 8.83. The van der Waals surface area contributed by atoms with Gasteiger partial charge in [0.25, 0.3) is 0 Å². The fourth-order valence-electron chi connectivity index (χ4n) is 1.99.